The highest BCUT2D eigenvalue weighted by molar-refractivity contribution is 5.81. The Labute approximate surface area is 124 Å². The maximum Gasteiger partial charge on any atom is 0.261 e. The number of benzene rings is 2. The zero-order valence-corrected chi connectivity index (χ0v) is 11.9. The topological polar surface area (TPSA) is 58.6 Å². The number of amides is 1. The van der Waals surface area contributed by atoms with Crippen molar-refractivity contribution in [2.24, 2.45) is 0 Å². The third-order valence-corrected chi connectivity index (χ3v) is 3.13. The van der Waals surface area contributed by atoms with Crippen molar-refractivity contribution < 1.29 is 14.6 Å². The number of hydrogen-bond acceptors (Lipinski definition) is 3. The van der Waals surface area contributed by atoms with E-state index in [1.54, 1.807) is 19.1 Å². The van der Waals surface area contributed by atoms with Gasteiger partial charge in [-0.25, -0.2) is 0 Å². The molecule has 110 valence electrons. The smallest absolute Gasteiger partial charge is 0.261 e. The summed E-state index contributed by atoms with van der Waals surface area (Å²) >= 11 is 0. The van der Waals surface area contributed by atoms with Crippen LogP contribution in [0.25, 0.3) is 0 Å². The number of ether oxygens (including phenoxy) is 1. The minimum atomic E-state index is -0.634. The SMILES string of the molecule is CC(Oc1ccccc1)C(=O)NC(CO)c1ccccc1. The van der Waals surface area contributed by atoms with Gasteiger partial charge in [0.1, 0.15) is 5.75 Å². The van der Waals surface area contributed by atoms with Crippen molar-refractivity contribution in [1.29, 1.82) is 0 Å². The zero-order valence-electron chi connectivity index (χ0n) is 11.9. The van der Waals surface area contributed by atoms with Gasteiger partial charge < -0.3 is 15.2 Å². The highest BCUT2D eigenvalue weighted by Crippen LogP contribution is 2.14. The molecule has 2 unspecified atom stereocenters. The Morgan fingerprint density at radius 1 is 1.10 bits per heavy atom. The van der Waals surface area contributed by atoms with E-state index in [1.807, 2.05) is 48.5 Å². The average Bonchev–Trinajstić information content (AvgIpc) is 2.54. The first-order valence-electron chi connectivity index (χ1n) is 6.88. The van der Waals surface area contributed by atoms with E-state index in [9.17, 15) is 9.90 Å². The van der Waals surface area contributed by atoms with Gasteiger partial charge in [0.2, 0.25) is 0 Å². The Bertz CT molecular complexity index is 557. The molecule has 0 spiro atoms. The molecule has 0 saturated carbocycles. The van der Waals surface area contributed by atoms with Crippen molar-refractivity contribution in [2.45, 2.75) is 19.1 Å². The van der Waals surface area contributed by atoms with Gasteiger partial charge in [-0.3, -0.25) is 4.79 Å². The Morgan fingerprint density at radius 2 is 1.67 bits per heavy atom. The molecule has 0 saturated heterocycles. The van der Waals surface area contributed by atoms with Crippen LogP contribution in [0.15, 0.2) is 60.7 Å². The average molecular weight is 285 g/mol. The fourth-order valence-corrected chi connectivity index (χ4v) is 1.97. The summed E-state index contributed by atoms with van der Waals surface area (Å²) in [4.78, 5) is 12.1. The largest absolute Gasteiger partial charge is 0.481 e. The van der Waals surface area contributed by atoms with Gasteiger partial charge in [0, 0.05) is 0 Å². The number of aliphatic hydroxyl groups is 1. The standard InChI is InChI=1S/C17H19NO3/c1-13(21-15-10-6-3-7-11-15)17(20)18-16(12-19)14-8-4-2-5-9-14/h2-11,13,16,19H,12H2,1H3,(H,18,20). The van der Waals surface area contributed by atoms with Crippen LogP contribution in [-0.2, 0) is 4.79 Å². The fraction of sp³-hybridized carbons (Fsp3) is 0.235. The Balaban J connectivity index is 1.96. The van der Waals surface area contributed by atoms with Crippen molar-refractivity contribution in [3.05, 3.63) is 66.2 Å². The minimum absolute atomic E-state index is 0.159. The van der Waals surface area contributed by atoms with Crippen LogP contribution in [0.1, 0.15) is 18.5 Å². The normalized spacial score (nSPS) is 13.2. The highest BCUT2D eigenvalue weighted by Gasteiger charge is 2.19. The van der Waals surface area contributed by atoms with Gasteiger partial charge >= 0.3 is 0 Å². The summed E-state index contributed by atoms with van der Waals surface area (Å²) in [6.45, 7) is 1.52. The van der Waals surface area contributed by atoms with Crippen molar-refractivity contribution in [3.8, 4) is 5.75 Å². The second-order valence-corrected chi connectivity index (χ2v) is 4.73. The van der Waals surface area contributed by atoms with Crippen molar-refractivity contribution in [1.82, 2.24) is 5.32 Å². The molecular formula is C17H19NO3. The molecule has 2 N–H and O–H groups in total. The molecule has 1 amide bonds. The predicted octanol–water partition coefficient (Wildman–Crippen LogP) is 2.30. The number of carbonyl (C=O) groups is 1. The van der Waals surface area contributed by atoms with Crippen LogP contribution in [0.2, 0.25) is 0 Å². The lowest BCUT2D eigenvalue weighted by atomic mass is 10.1. The summed E-state index contributed by atoms with van der Waals surface area (Å²) in [6.07, 6.45) is -0.634. The van der Waals surface area contributed by atoms with Crippen molar-refractivity contribution >= 4 is 5.91 Å². The van der Waals surface area contributed by atoms with Crippen LogP contribution in [0.4, 0.5) is 0 Å². The van der Waals surface area contributed by atoms with Crippen LogP contribution in [-0.4, -0.2) is 23.7 Å². The van der Waals surface area contributed by atoms with E-state index in [2.05, 4.69) is 5.32 Å². The van der Waals surface area contributed by atoms with E-state index < -0.39 is 12.1 Å². The first-order chi connectivity index (χ1) is 10.2. The molecule has 2 aromatic carbocycles. The van der Waals surface area contributed by atoms with Crippen LogP contribution in [0.3, 0.4) is 0 Å². The van der Waals surface area contributed by atoms with Crippen molar-refractivity contribution in [2.75, 3.05) is 6.61 Å². The molecule has 0 radical (unpaired) electrons. The Morgan fingerprint density at radius 3 is 2.24 bits per heavy atom. The minimum Gasteiger partial charge on any atom is -0.481 e. The fourth-order valence-electron chi connectivity index (χ4n) is 1.97. The van der Waals surface area contributed by atoms with Crippen LogP contribution >= 0.6 is 0 Å². The summed E-state index contributed by atoms with van der Waals surface area (Å²) in [5.41, 5.74) is 0.861. The lowest BCUT2D eigenvalue weighted by Crippen LogP contribution is -2.39. The number of hydrogen-bond donors (Lipinski definition) is 2. The maximum absolute atomic E-state index is 12.1. The van der Waals surface area contributed by atoms with E-state index >= 15 is 0 Å². The molecule has 2 aromatic rings. The number of para-hydroxylation sites is 1. The van der Waals surface area contributed by atoms with Gasteiger partial charge in [0.25, 0.3) is 5.91 Å². The van der Waals surface area contributed by atoms with E-state index in [-0.39, 0.29) is 12.5 Å². The molecule has 0 aliphatic carbocycles. The third-order valence-electron chi connectivity index (χ3n) is 3.13. The number of nitrogens with one attached hydrogen (secondary N) is 1. The van der Waals surface area contributed by atoms with Gasteiger partial charge in [-0.2, -0.15) is 0 Å². The summed E-state index contributed by atoms with van der Waals surface area (Å²) in [5, 5.41) is 12.2. The number of rotatable bonds is 6. The molecule has 0 aromatic heterocycles. The molecule has 4 heteroatoms. The van der Waals surface area contributed by atoms with Crippen molar-refractivity contribution in [3.63, 3.8) is 0 Å². The lowest BCUT2D eigenvalue weighted by molar-refractivity contribution is -0.128. The molecule has 21 heavy (non-hydrogen) atoms. The molecule has 0 aliphatic rings. The van der Waals surface area contributed by atoms with Gasteiger partial charge in [-0.15, -0.1) is 0 Å². The van der Waals surface area contributed by atoms with E-state index in [4.69, 9.17) is 4.74 Å². The lowest BCUT2D eigenvalue weighted by Gasteiger charge is -2.20. The maximum atomic E-state index is 12.1. The molecular weight excluding hydrogens is 266 g/mol. The quantitative estimate of drug-likeness (QED) is 0.856. The van der Waals surface area contributed by atoms with E-state index in [1.165, 1.54) is 0 Å². The monoisotopic (exact) mass is 285 g/mol. The van der Waals surface area contributed by atoms with Gasteiger partial charge in [0.05, 0.1) is 12.6 Å². The molecule has 0 fully saturated rings. The molecule has 2 rings (SSSR count). The van der Waals surface area contributed by atoms with E-state index in [0.29, 0.717) is 5.75 Å². The molecule has 0 bridgehead atoms. The zero-order chi connectivity index (χ0) is 15.1. The summed E-state index contributed by atoms with van der Waals surface area (Å²) in [7, 11) is 0. The molecule has 2 atom stereocenters. The van der Waals surface area contributed by atoms with Gasteiger partial charge in [-0.1, -0.05) is 48.5 Å². The molecule has 4 nitrogen and oxygen atoms in total. The van der Waals surface area contributed by atoms with Gasteiger partial charge in [0.15, 0.2) is 6.10 Å². The number of aliphatic hydroxyl groups excluding tert-OH is 1. The van der Waals surface area contributed by atoms with Crippen LogP contribution < -0.4 is 10.1 Å². The van der Waals surface area contributed by atoms with E-state index in [0.717, 1.165) is 5.56 Å². The molecule has 0 heterocycles. The summed E-state index contributed by atoms with van der Waals surface area (Å²) < 4.78 is 5.56. The molecule has 0 aliphatic heterocycles. The number of carbonyl (C=O) groups excluding carboxylic acids is 1. The van der Waals surface area contributed by atoms with Gasteiger partial charge in [-0.05, 0) is 24.6 Å². The van der Waals surface area contributed by atoms with Crippen LogP contribution in [0.5, 0.6) is 5.75 Å². The summed E-state index contributed by atoms with van der Waals surface area (Å²) in [6, 6.07) is 18.1. The predicted molar refractivity (Wildman–Crippen MR) is 80.9 cm³/mol. The first-order valence-corrected chi connectivity index (χ1v) is 6.88. The second kappa shape index (κ2) is 7.45. The van der Waals surface area contributed by atoms with Crippen LogP contribution in [0, 0.1) is 0 Å². The third kappa shape index (κ3) is 4.33. The Kier molecular flexibility index (Phi) is 5.35. The highest BCUT2D eigenvalue weighted by atomic mass is 16.5. The first kappa shape index (κ1) is 15.1. The second-order valence-electron chi connectivity index (χ2n) is 4.73. The Hall–Kier alpha value is -2.33. The summed E-state index contributed by atoms with van der Waals surface area (Å²) in [5.74, 6) is 0.377.